The van der Waals surface area contributed by atoms with Crippen molar-refractivity contribution in [3.05, 3.63) is 30.1 Å². The van der Waals surface area contributed by atoms with E-state index in [2.05, 4.69) is 4.98 Å². The fourth-order valence-corrected chi connectivity index (χ4v) is 1.79. The first-order valence-corrected chi connectivity index (χ1v) is 6.54. The highest BCUT2D eigenvalue weighted by atomic mass is 16.2. The van der Waals surface area contributed by atoms with Crippen LogP contribution in [0, 0.1) is 0 Å². The first kappa shape index (κ1) is 14.6. The lowest BCUT2D eigenvalue weighted by atomic mass is 10.2. The molecule has 1 aromatic rings. The molecule has 0 fully saturated rings. The Morgan fingerprint density at radius 2 is 2.17 bits per heavy atom. The van der Waals surface area contributed by atoms with Crippen LogP contribution >= 0.6 is 0 Å². The highest BCUT2D eigenvalue weighted by Gasteiger charge is 2.16. The summed E-state index contributed by atoms with van der Waals surface area (Å²) in [5.41, 5.74) is 6.37. The quantitative estimate of drug-likeness (QED) is 0.751. The average molecular weight is 249 g/mol. The van der Waals surface area contributed by atoms with Gasteiger partial charge in [-0.05, 0) is 45.4 Å². The summed E-state index contributed by atoms with van der Waals surface area (Å²) in [4.78, 5) is 18.3. The Hall–Kier alpha value is -1.42. The largest absolute Gasteiger partial charge is 0.334 e. The first-order chi connectivity index (χ1) is 8.65. The van der Waals surface area contributed by atoms with Gasteiger partial charge in [0.1, 0.15) is 0 Å². The zero-order valence-electron chi connectivity index (χ0n) is 11.3. The van der Waals surface area contributed by atoms with Gasteiger partial charge < -0.3 is 10.6 Å². The monoisotopic (exact) mass is 249 g/mol. The lowest BCUT2D eigenvalue weighted by Crippen LogP contribution is -2.36. The molecule has 0 aliphatic carbocycles. The maximum Gasteiger partial charge on any atom is 0.223 e. The predicted octanol–water partition coefficient (Wildman–Crippen LogP) is 1.95. The zero-order valence-corrected chi connectivity index (χ0v) is 11.3. The molecule has 0 radical (unpaired) electrons. The summed E-state index contributed by atoms with van der Waals surface area (Å²) < 4.78 is 0. The Balaban J connectivity index is 2.57. The van der Waals surface area contributed by atoms with Crippen LogP contribution in [0.2, 0.25) is 0 Å². The lowest BCUT2D eigenvalue weighted by Gasteiger charge is -2.26. The fraction of sp³-hybridized carbons (Fsp3) is 0.571. The van der Waals surface area contributed by atoms with Crippen molar-refractivity contribution < 1.29 is 4.79 Å². The summed E-state index contributed by atoms with van der Waals surface area (Å²) in [6.07, 6.45) is 4.09. The third kappa shape index (κ3) is 4.84. The summed E-state index contributed by atoms with van der Waals surface area (Å²) >= 11 is 0. The molecule has 1 aromatic heterocycles. The summed E-state index contributed by atoms with van der Waals surface area (Å²) in [5, 5.41) is 0. The summed E-state index contributed by atoms with van der Waals surface area (Å²) in [6.45, 7) is 5.29. The topological polar surface area (TPSA) is 59.2 Å². The van der Waals surface area contributed by atoms with E-state index in [9.17, 15) is 4.79 Å². The van der Waals surface area contributed by atoms with Crippen LogP contribution in [0.25, 0.3) is 0 Å². The number of rotatable bonds is 7. The third-order valence-electron chi connectivity index (χ3n) is 2.85. The Morgan fingerprint density at radius 3 is 2.72 bits per heavy atom. The molecular formula is C14H23N3O. The molecule has 0 saturated heterocycles. The van der Waals surface area contributed by atoms with E-state index in [1.54, 1.807) is 6.20 Å². The van der Waals surface area contributed by atoms with Crippen molar-refractivity contribution in [3.8, 4) is 0 Å². The van der Waals surface area contributed by atoms with Crippen LogP contribution in [0.5, 0.6) is 0 Å². The number of nitrogens with zero attached hydrogens (tertiary/aromatic N) is 2. The molecule has 1 rings (SSSR count). The van der Waals surface area contributed by atoms with Gasteiger partial charge in [0, 0.05) is 18.7 Å². The SMILES string of the molecule is CC(C)N(Cc1ccccn1)C(=O)CCCCN. The second kappa shape index (κ2) is 7.82. The molecule has 0 bridgehead atoms. The van der Waals surface area contributed by atoms with Gasteiger partial charge in [-0.25, -0.2) is 0 Å². The minimum absolute atomic E-state index is 0.184. The highest BCUT2D eigenvalue weighted by molar-refractivity contribution is 5.76. The number of amides is 1. The molecule has 4 nitrogen and oxygen atoms in total. The third-order valence-corrected chi connectivity index (χ3v) is 2.85. The van der Waals surface area contributed by atoms with Gasteiger partial charge in [-0.15, -0.1) is 0 Å². The summed E-state index contributed by atoms with van der Waals surface area (Å²) in [5.74, 6) is 0.184. The maximum absolute atomic E-state index is 12.1. The van der Waals surface area contributed by atoms with Crippen molar-refractivity contribution in [3.63, 3.8) is 0 Å². The van der Waals surface area contributed by atoms with Gasteiger partial charge in [0.05, 0.1) is 12.2 Å². The van der Waals surface area contributed by atoms with Gasteiger partial charge >= 0.3 is 0 Å². The maximum atomic E-state index is 12.1. The molecule has 2 N–H and O–H groups in total. The molecule has 1 heterocycles. The molecule has 0 aromatic carbocycles. The van der Waals surface area contributed by atoms with Crippen molar-refractivity contribution in [2.75, 3.05) is 6.54 Å². The minimum Gasteiger partial charge on any atom is -0.334 e. The lowest BCUT2D eigenvalue weighted by molar-refractivity contribution is -0.133. The molecule has 0 aliphatic rings. The molecule has 4 heteroatoms. The van der Waals surface area contributed by atoms with Gasteiger partial charge in [0.25, 0.3) is 0 Å². The molecule has 0 atom stereocenters. The second-order valence-corrected chi connectivity index (χ2v) is 4.68. The zero-order chi connectivity index (χ0) is 13.4. The number of aromatic nitrogens is 1. The second-order valence-electron chi connectivity index (χ2n) is 4.68. The van der Waals surface area contributed by atoms with E-state index in [-0.39, 0.29) is 11.9 Å². The standard InChI is InChI=1S/C14H23N3O/c1-12(2)17(14(18)8-3-5-9-15)11-13-7-4-6-10-16-13/h4,6-7,10,12H,3,5,8-9,11,15H2,1-2H3. The number of carbonyl (C=O) groups excluding carboxylic acids is 1. The van der Waals surface area contributed by atoms with Crippen LogP contribution in [-0.2, 0) is 11.3 Å². The fourth-order valence-electron chi connectivity index (χ4n) is 1.79. The van der Waals surface area contributed by atoms with Crippen molar-refractivity contribution >= 4 is 5.91 Å². The van der Waals surface area contributed by atoms with Crippen LogP contribution in [0.4, 0.5) is 0 Å². The Kier molecular flexibility index (Phi) is 6.36. The number of pyridine rings is 1. The van der Waals surface area contributed by atoms with Crippen LogP contribution < -0.4 is 5.73 Å². The van der Waals surface area contributed by atoms with Gasteiger partial charge in [-0.2, -0.15) is 0 Å². The van der Waals surface area contributed by atoms with Crippen LogP contribution in [0.3, 0.4) is 0 Å². The van der Waals surface area contributed by atoms with Gasteiger partial charge in [-0.1, -0.05) is 6.07 Å². The van der Waals surface area contributed by atoms with Crippen molar-refractivity contribution in [2.24, 2.45) is 5.73 Å². The van der Waals surface area contributed by atoms with E-state index >= 15 is 0 Å². The van der Waals surface area contributed by atoms with Gasteiger partial charge in [0.2, 0.25) is 5.91 Å². The van der Waals surface area contributed by atoms with Crippen LogP contribution in [-0.4, -0.2) is 28.4 Å². The Labute approximate surface area is 109 Å². The van der Waals surface area contributed by atoms with E-state index in [1.807, 2.05) is 36.9 Å². The van der Waals surface area contributed by atoms with E-state index in [1.165, 1.54) is 0 Å². The van der Waals surface area contributed by atoms with Crippen LogP contribution in [0.15, 0.2) is 24.4 Å². The van der Waals surface area contributed by atoms with E-state index < -0.39 is 0 Å². The van der Waals surface area contributed by atoms with Crippen molar-refractivity contribution in [1.82, 2.24) is 9.88 Å². The minimum atomic E-state index is 0.184. The first-order valence-electron chi connectivity index (χ1n) is 6.54. The molecule has 100 valence electrons. The normalized spacial score (nSPS) is 10.7. The smallest absolute Gasteiger partial charge is 0.223 e. The van der Waals surface area contributed by atoms with Crippen LogP contribution in [0.1, 0.15) is 38.8 Å². The summed E-state index contributed by atoms with van der Waals surface area (Å²) in [7, 11) is 0. The number of nitrogens with two attached hydrogens (primary N) is 1. The van der Waals surface area contributed by atoms with E-state index in [4.69, 9.17) is 5.73 Å². The molecule has 0 aliphatic heterocycles. The number of hydrogen-bond acceptors (Lipinski definition) is 3. The number of unbranched alkanes of at least 4 members (excludes halogenated alkanes) is 1. The molecule has 0 saturated carbocycles. The number of carbonyl (C=O) groups is 1. The molecule has 0 spiro atoms. The van der Waals surface area contributed by atoms with E-state index in [0.29, 0.717) is 19.5 Å². The van der Waals surface area contributed by atoms with E-state index in [0.717, 1.165) is 18.5 Å². The Morgan fingerprint density at radius 1 is 1.39 bits per heavy atom. The highest BCUT2D eigenvalue weighted by Crippen LogP contribution is 2.09. The van der Waals surface area contributed by atoms with Gasteiger partial charge in [-0.3, -0.25) is 9.78 Å². The van der Waals surface area contributed by atoms with Crippen molar-refractivity contribution in [2.45, 2.75) is 45.7 Å². The molecular weight excluding hydrogens is 226 g/mol. The van der Waals surface area contributed by atoms with Crippen molar-refractivity contribution in [1.29, 1.82) is 0 Å². The predicted molar refractivity (Wildman–Crippen MR) is 72.8 cm³/mol. The molecule has 1 amide bonds. The molecule has 18 heavy (non-hydrogen) atoms. The van der Waals surface area contributed by atoms with Gasteiger partial charge in [0.15, 0.2) is 0 Å². The summed E-state index contributed by atoms with van der Waals surface area (Å²) in [6, 6.07) is 5.96. The molecule has 0 unspecified atom stereocenters. The Bertz CT molecular complexity index is 351. The average Bonchev–Trinajstić information content (AvgIpc) is 2.37. The number of hydrogen-bond donors (Lipinski definition) is 1.